The van der Waals surface area contributed by atoms with Gasteiger partial charge in [-0.3, -0.25) is 4.79 Å². The van der Waals surface area contributed by atoms with E-state index in [1.54, 1.807) is 0 Å². The molecule has 0 unspecified atom stereocenters. The largest absolute Gasteiger partial charge is 0.454 e. The Bertz CT molecular complexity index is 732. The number of amides is 1. The van der Waals surface area contributed by atoms with E-state index >= 15 is 0 Å². The van der Waals surface area contributed by atoms with Crippen molar-refractivity contribution < 1.29 is 14.3 Å². The van der Waals surface area contributed by atoms with Gasteiger partial charge >= 0.3 is 0 Å². The van der Waals surface area contributed by atoms with Gasteiger partial charge in [-0.1, -0.05) is 11.8 Å². The first-order valence-electron chi connectivity index (χ1n) is 7.44. The number of rotatable bonds is 5. The Kier molecular flexibility index (Phi) is 3.78. The van der Waals surface area contributed by atoms with Crippen LogP contribution in [0.1, 0.15) is 12.8 Å². The van der Waals surface area contributed by atoms with Gasteiger partial charge in [-0.2, -0.15) is 0 Å². The summed E-state index contributed by atoms with van der Waals surface area (Å²) in [6.07, 6.45) is 2.20. The molecule has 0 spiro atoms. The number of nitrogens with zero attached hydrogens (tertiary/aromatic N) is 2. The first-order valence-corrected chi connectivity index (χ1v) is 8.42. The highest BCUT2D eigenvalue weighted by molar-refractivity contribution is 7.99. The molecular formula is C16H15N3O3S. The highest BCUT2D eigenvalue weighted by atomic mass is 32.2. The third-order valence-corrected chi connectivity index (χ3v) is 4.52. The van der Waals surface area contributed by atoms with Crippen LogP contribution in [0.25, 0.3) is 11.3 Å². The van der Waals surface area contributed by atoms with E-state index in [0.29, 0.717) is 11.8 Å². The molecule has 0 bridgehead atoms. The molecule has 2 aromatic rings. The van der Waals surface area contributed by atoms with Crippen LogP contribution >= 0.6 is 11.8 Å². The van der Waals surface area contributed by atoms with E-state index in [4.69, 9.17) is 9.47 Å². The van der Waals surface area contributed by atoms with E-state index < -0.39 is 0 Å². The summed E-state index contributed by atoms with van der Waals surface area (Å²) in [6, 6.07) is 9.84. The number of ether oxygens (including phenoxy) is 2. The van der Waals surface area contributed by atoms with Gasteiger partial charge in [0.25, 0.3) is 0 Å². The van der Waals surface area contributed by atoms with Gasteiger partial charge in [0.05, 0.1) is 11.4 Å². The summed E-state index contributed by atoms with van der Waals surface area (Å²) < 4.78 is 10.7. The molecule has 2 aliphatic rings. The maximum absolute atomic E-state index is 11.7. The molecule has 0 saturated heterocycles. The summed E-state index contributed by atoms with van der Waals surface area (Å²) in [5, 5.41) is 12.1. The fourth-order valence-corrected chi connectivity index (χ4v) is 2.87. The summed E-state index contributed by atoms with van der Waals surface area (Å²) in [5.41, 5.74) is 1.68. The molecule has 1 aromatic carbocycles. The van der Waals surface area contributed by atoms with E-state index in [9.17, 15) is 4.79 Å². The monoisotopic (exact) mass is 329 g/mol. The van der Waals surface area contributed by atoms with Gasteiger partial charge in [0, 0.05) is 11.6 Å². The number of thioether (sulfide) groups is 1. The molecule has 0 atom stereocenters. The predicted molar refractivity (Wildman–Crippen MR) is 85.5 cm³/mol. The fraction of sp³-hybridized carbons (Fsp3) is 0.312. The quantitative estimate of drug-likeness (QED) is 0.848. The normalized spacial score (nSPS) is 15.5. The zero-order chi connectivity index (χ0) is 15.6. The highest BCUT2D eigenvalue weighted by Gasteiger charge is 2.23. The number of nitrogens with one attached hydrogen (secondary N) is 1. The molecule has 7 heteroatoms. The van der Waals surface area contributed by atoms with Crippen LogP contribution in [-0.4, -0.2) is 34.7 Å². The molecule has 118 valence electrons. The molecule has 23 heavy (non-hydrogen) atoms. The Hall–Kier alpha value is -2.28. The van der Waals surface area contributed by atoms with Crippen molar-refractivity contribution in [2.24, 2.45) is 0 Å². The lowest BCUT2D eigenvalue weighted by atomic mass is 10.1. The molecule has 1 amide bonds. The van der Waals surface area contributed by atoms with Crippen LogP contribution in [0.3, 0.4) is 0 Å². The van der Waals surface area contributed by atoms with Crippen molar-refractivity contribution in [2.45, 2.75) is 23.9 Å². The number of carbonyl (C=O) groups is 1. The molecule has 1 fully saturated rings. The molecule has 6 nitrogen and oxygen atoms in total. The van der Waals surface area contributed by atoms with Crippen molar-refractivity contribution in [3.63, 3.8) is 0 Å². The highest BCUT2D eigenvalue weighted by Crippen LogP contribution is 2.35. The van der Waals surface area contributed by atoms with E-state index in [-0.39, 0.29) is 12.7 Å². The topological polar surface area (TPSA) is 73.3 Å². The van der Waals surface area contributed by atoms with Crippen molar-refractivity contribution >= 4 is 17.7 Å². The number of hydrogen-bond acceptors (Lipinski definition) is 6. The second kappa shape index (κ2) is 6.08. The summed E-state index contributed by atoms with van der Waals surface area (Å²) in [5.74, 6) is 1.89. The molecule has 1 aromatic heterocycles. The summed E-state index contributed by atoms with van der Waals surface area (Å²) >= 11 is 1.39. The average molecular weight is 329 g/mol. The smallest absolute Gasteiger partial charge is 0.231 e. The van der Waals surface area contributed by atoms with Gasteiger partial charge in [0.15, 0.2) is 11.5 Å². The van der Waals surface area contributed by atoms with E-state index in [0.717, 1.165) is 40.6 Å². The Morgan fingerprint density at radius 2 is 2.04 bits per heavy atom. The standard InChI is InChI=1S/C16H15N3O3S/c20-15(17-11-2-3-11)8-23-16-6-4-12(18-19-16)10-1-5-13-14(7-10)22-9-21-13/h1,4-7,11H,2-3,8-9H2,(H,17,20). The van der Waals surface area contributed by atoms with Gasteiger partial charge in [0.1, 0.15) is 5.03 Å². The van der Waals surface area contributed by atoms with Crippen molar-refractivity contribution in [1.29, 1.82) is 0 Å². The second-order valence-electron chi connectivity index (χ2n) is 5.46. The maximum atomic E-state index is 11.7. The zero-order valence-electron chi connectivity index (χ0n) is 12.3. The van der Waals surface area contributed by atoms with Crippen LogP contribution in [0, 0.1) is 0 Å². The van der Waals surface area contributed by atoms with Crippen LogP contribution in [0.2, 0.25) is 0 Å². The van der Waals surface area contributed by atoms with E-state index in [1.807, 2.05) is 30.3 Å². The zero-order valence-corrected chi connectivity index (χ0v) is 13.1. The second-order valence-corrected chi connectivity index (χ2v) is 6.45. The minimum Gasteiger partial charge on any atom is -0.454 e. The number of benzene rings is 1. The van der Waals surface area contributed by atoms with Crippen molar-refractivity contribution in [1.82, 2.24) is 15.5 Å². The first-order chi connectivity index (χ1) is 11.3. The van der Waals surface area contributed by atoms with Gasteiger partial charge in [-0.15, -0.1) is 10.2 Å². The average Bonchev–Trinajstić information content (AvgIpc) is 3.26. The molecule has 1 saturated carbocycles. The summed E-state index contributed by atoms with van der Waals surface area (Å²) in [4.78, 5) is 11.7. The van der Waals surface area contributed by atoms with Crippen molar-refractivity contribution in [2.75, 3.05) is 12.5 Å². The van der Waals surface area contributed by atoms with Crippen LogP contribution in [0.15, 0.2) is 35.4 Å². The maximum Gasteiger partial charge on any atom is 0.231 e. The fourth-order valence-electron chi connectivity index (χ4n) is 2.24. The molecule has 2 heterocycles. The third kappa shape index (κ3) is 3.39. The van der Waals surface area contributed by atoms with E-state index in [1.165, 1.54) is 11.8 Å². The first kappa shape index (κ1) is 14.3. The third-order valence-electron chi connectivity index (χ3n) is 3.60. The van der Waals surface area contributed by atoms with Crippen molar-refractivity contribution in [3.8, 4) is 22.8 Å². The Morgan fingerprint density at radius 1 is 1.17 bits per heavy atom. The number of aromatic nitrogens is 2. The number of hydrogen-bond donors (Lipinski definition) is 1. The van der Waals surface area contributed by atoms with Gasteiger partial charge in [0.2, 0.25) is 12.7 Å². The Balaban J connectivity index is 1.40. The van der Waals surface area contributed by atoms with Crippen LogP contribution < -0.4 is 14.8 Å². The minimum absolute atomic E-state index is 0.0548. The van der Waals surface area contributed by atoms with Gasteiger partial charge in [-0.25, -0.2) is 0 Å². The Morgan fingerprint density at radius 3 is 2.83 bits per heavy atom. The lowest BCUT2D eigenvalue weighted by molar-refractivity contribution is -0.118. The lowest BCUT2D eigenvalue weighted by Crippen LogP contribution is -2.27. The van der Waals surface area contributed by atoms with Gasteiger partial charge in [-0.05, 0) is 43.2 Å². The van der Waals surface area contributed by atoms with Crippen LogP contribution in [0.5, 0.6) is 11.5 Å². The molecule has 0 radical (unpaired) electrons. The molecule has 4 rings (SSSR count). The molecule has 1 aliphatic heterocycles. The minimum atomic E-state index is 0.0548. The number of fused-ring (bicyclic) bond motifs is 1. The van der Waals surface area contributed by atoms with Crippen LogP contribution in [0.4, 0.5) is 0 Å². The number of carbonyl (C=O) groups excluding carboxylic acids is 1. The van der Waals surface area contributed by atoms with Gasteiger partial charge < -0.3 is 14.8 Å². The molecule has 1 N–H and O–H groups in total. The SMILES string of the molecule is O=C(CSc1ccc(-c2ccc3c(c2)OCO3)nn1)NC1CC1. The van der Waals surface area contributed by atoms with Crippen LogP contribution in [-0.2, 0) is 4.79 Å². The lowest BCUT2D eigenvalue weighted by Gasteiger charge is -2.04. The Labute approximate surface area is 137 Å². The molecular weight excluding hydrogens is 314 g/mol. The summed E-state index contributed by atoms with van der Waals surface area (Å²) in [6.45, 7) is 0.253. The summed E-state index contributed by atoms with van der Waals surface area (Å²) in [7, 11) is 0. The molecule has 1 aliphatic carbocycles. The predicted octanol–water partition coefficient (Wildman–Crippen LogP) is 2.24. The van der Waals surface area contributed by atoms with Crippen molar-refractivity contribution in [3.05, 3.63) is 30.3 Å². The van der Waals surface area contributed by atoms with E-state index in [2.05, 4.69) is 15.5 Å².